The highest BCUT2D eigenvalue weighted by Crippen LogP contribution is 2.27. The zero-order chi connectivity index (χ0) is 24.0. The molecule has 3 aromatic rings. The van der Waals surface area contributed by atoms with Gasteiger partial charge in [0.05, 0.1) is 4.90 Å². The molecule has 0 bridgehead atoms. The molecule has 8 heteroatoms. The Morgan fingerprint density at radius 2 is 1.74 bits per heavy atom. The molecule has 1 aliphatic rings. The summed E-state index contributed by atoms with van der Waals surface area (Å²) in [6, 6.07) is 17.8. The first-order chi connectivity index (χ1) is 16.4. The Bertz CT molecular complexity index is 1190. The Morgan fingerprint density at radius 3 is 2.38 bits per heavy atom. The molecule has 0 saturated heterocycles. The fraction of sp³-hybridized carbons (Fsp3) is 0.308. The summed E-state index contributed by atoms with van der Waals surface area (Å²) in [7, 11) is -1.92. The van der Waals surface area contributed by atoms with Crippen LogP contribution in [0.2, 0.25) is 0 Å². The summed E-state index contributed by atoms with van der Waals surface area (Å²) in [4.78, 5) is 18.1. The van der Waals surface area contributed by atoms with Crippen LogP contribution in [0, 0.1) is 0 Å². The molecule has 178 valence electrons. The molecule has 0 aliphatic heterocycles. The normalized spacial score (nSPS) is 14.8. The molecular formula is C26H29N3O3S2. The van der Waals surface area contributed by atoms with Crippen molar-refractivity contribution >= 4 is 33.4 Å². The maximum Gasteiger partial charge on any atom is 0.255 e. The lowest BCUT2D eigenvalue weighted by atomic mass is 9.96. The summed E-state index contributed by atoms with van der Waals surface area (Å²) in [5.74, 6) is 0.547. The van der Waals surface area contributed by atoms with Crippen LogP contribution in [0.4, 0.5) is 5.69 Å². The minimum Gasteiger partial charge on any atom is -0.322 e. The van der Waals surface area contributed by atoms with Crippen molar-refractivity contribution in [2.45, 2.75) is 53.7 Å². The summed E-state index contributed by atoms with van der Waals surface area (Å²) in [5, 5.41) is 2.87. The predicted octanol–water partition coefficient (Wildman–Crippen LogP) is 5.58. The average Bonchev–Trinajstić information content (AvgIpc) is 2.89. The summed E-state index contributed by atoms with van der Waals surface area (Å²) in [6.45, 7) is 0. The van der Waals surface area contributed by atoms with Crippen LogP contribution in [0.25, 0.3) is 0 Å². The van der Waals surface area contributed by atoms with Gasteiger partial charge in [-0.25, -0.2) is 8.42 Å². The van der Waals surface area contributed by atoms with Gasteiger partial charge < -0.3 is 5.32 Å². The number of nitrogens with zero attached hydrogens (tertiary/aromatic N) is 2. The van der Waals surface area contributed by atoms with Crippen molar-refractivity contribution in [1.82, 2.24) is 9.29 Å². The first kappa shape index (κ1) is 24.4. The van der Waals surface area contributed by atoms with Crippen LogP contribution in [0.15, 0.2) is 82.8 Å². The molecule has 1 amide bonds. The van der Waals surface area contributed by atoms with Crippen LogP contribution in [0.3, 0.4) is 0 Å². The Morgan fingerprint density at radius 1 is 1.03 bits per heavy atom. The zero-order valence-electron chi connectivity index (χ0n) is 19.2. The largest absolute Gasteiger partial charge is 0.322 e. The number of amides is 1. The third kappa shape index (κ3) is 6.05. The zero-order valence-corrected chi connectivity index (χ0v) is 20.8. The fourth-order valence-electron chi connectivity index (χ4n) is 4.07. The number of nitrogens with one attached hydrogen (secondary N) is 1. The minimum atomic E-state index is -3.57. The lowest BCUT2D eigenvalue weighted by Crippen LogP contribution is -2.38. The van der Waals surface area contributed by atoms with Gasteiger partial charge in [0.1, 0.15) is 0 Å². The van der Waals surface area contributed by atoms with Gasteiger partial charge in [0, 0.05) is 47.4 Å². The van der Waals surface area contributed by atoms with E-state index in [1.807, 2.05) is 42.6 Å². The second-order valence-electron chi connectivity index (χ2n) is 8.47. The molecule has 1 aliphatic carbocycles. The predicted molar refractivity (Wildman–Crippen MR) is 136 cm³/mol. The second kappa shape index (κ2) is 11.2. The van der Waals surface area contributed by atoms with E-state index < -0.39 is 10.0 Å². The van der Waals surface area contributed by atoms with Gasteiger partial charge in [-0.2, -0.15) is 4.31 Å². The molecule has 34 heavy (non-hydrogen) atoms. The molecule has 1 heterocycles. The summed E-state index contributed by atoms with van der Waals surface area (Å²) in [5.41, 5.74) is 2.25. The molecule has 1 N–H and O–H groups in total. The van der Waals surface area contributed by atoms with E-state index in [9.17, 15) is 13.2 Å². The number of aromatic nitrogens is 1. The molecule has 1 saturated carbocycles. The number of benzene rings is 2. The van der Waals surface area contributed by atoms with Crippen molar-refractivity contribution in [2.75, 3.05) is 12.4 Å². The van der Waals surface area contributed by atoms with E-state index in [-0.39, 0.29) is 16.8 Å². The van der Waals surface area contributed by atoms with E-state index in [4.69, 9.17) is 0 Å². The van der Waals surface area contributed by atoms with Gasteiger partial charge in [0.2, 0.25) is 10.0 Å². The highest BCUT2D eigenvalue weighted by atomic mass is 32.2. The Labute approximate surface area is 205 Å². The molecule has 2 aromatic carbocycles. The van der Waals surface area contributed by atoms with E-state index >= 15 is 0 Å². The van der Waals surface area contributed by atoms with Crippen molar-refractivity contribution in [1.29, 1.82) is 0 Å². The van der Waals surface area contributed by atoms with Crippen molar-refractivity contribution < 1.29 is 13.2 Å². The van der Waals surface area contributed by atoms with Crippen LogP contribution < -0.4 is 5.32 Å². The molecule has 0 atom stereocenters. The van der Waals surface area contributed by atoms with E-state index in [1.54, 1.807) is 37.1 Å². The molecule has 6 nitrogen and oxygen atoms in total. The summed E-state index contributed by atoms with van der Waals surface area (Å²) < 4.78 is 27.5. The number of carbonyl (C=O) groups is 1. The molecular weight excluding hydrogens is 466 g/mol. The highest BCUT2D eigenvalue weighted by molar-refractivity contribution is 7.98. The average molecular weight is 496 g/mol. The molecule has 1 fully saturated rings. The van der Waals surface area contributed by atoms with Gasteiger partial charge in [-0.05, 0) is 73.0 Å². The van der Waals surface area contributed by atoms with Gasteiger partial charge in [0.25, 0.3) is 5.91 Å². The number of thioether (sulfide) groups is 1. The van der Waals surface area contributed by atoms with Gasteiger partial charge >= 0.3 is 0 Å². The van der Waals surface area contributed by atoms with Crippen LogP contribution in [-0.4, -0.2) is 36.7 Å². The second-order valence-corrected chi connectivity index (χ2v) is 11.5. The topological polar surface area (TPSA) is 79.4 Å². The van der Waals surface area contributed by atoms with Crippen LogP contribution >= 0.6 is 11.8 Å². The van der Waals surface area contributed by atoms with E-state index in [1.165, 1.54) is 22.9 Å². The Balaban J connectivity index is 1.35. The number of rotatable bonds is 8. The number of anilines is 1. The SMILES string of the molecule is CN(C1CCCCC1)S(=O)(=O)c1ccc(C(=O)Nc2ccc(SCc3cccnc3)cc2)cc1. The molecule has 0 unspecified atom stereocenters. The monoisotopic (exact) mass is 495 g/mol. The fourth-order valence-corrected chi connectivity index (χ4v) is 6.32. The maximum absolute atomic E-state index is 13.0. The van der Waals surface area contributed by atoms with Crippen molar-refractivity contribution in [3.8, 4) is 0 Å². The first-order valence-corrected chi connectivity index (χ1v) is 13.9. The first-order valence-electron chi connectivity index (χ1n) is 11.4. The van der Waals surface area contributed by atoms with E-state index in [2.05, 4.69) is 10.3 Å². The molecule has 1 aromatic heterocycles. The van der Waals surface area contributed by atoms with Crippen LogP contribution in [-0.2, 0) is 15.8 Å². The third-order valence-electron chi connectivity index (χ3n) is 6.12. The number of pyridine rings is 1. The van der Waals surface area contributed by atoms with Gasteiger partial charge in [-0.1, -0.05) is 25.3 Å². The van der Waals surface area contributed by atoms with Crippen LogP contribution in [0.1, 0.15) is 48.0 Å². The molecule has 4 rings (SSSR count). The number of hydrogen-bond acceptors (Lipinski definition) is 5. The lowest BCUT2D eigenvalue weighted by Gasteiger charge is -2.30. The Hall–Kier alpha value is -2.68. The summed E-state index contributed by atoms with van der Waals surface area (Å²) in [6.07, 6.45) is 8.71. The smallest absolute Gasteiger partial charge is 0.255 e. The molecule has 0 spiro atoms. The van der Waals surface area contributed by atoms with E-state index in [0.29, 0.717) is 11.3 Å². The third-order valence-corrected chi connectivity index (χ3v) is 9.13. The van der Waals surface area contributed by atoms with Crippen LogP contribution in [0.5, 0.6) is 0 Å². The summed E-state index contributed by atoms with van der Waals surface area (Å²) >= 11 is 1.70. The standard InChI is InChI=1S/C26H29N3O3S2/c1-29(23-7-3-2-4-8-23)34(31,32)25-15-9-21(10-16-25)26(30)28-22-11-13-24(14-12-22)33-19-20-6-5-17-27-18-20/h5-6,9-18,23H,2-4,7-8,19H2,1H3,(H,28,30). The number of carbonyl (C=O) groups excluding carboxylic acids is 1. The van der Waals surface area contributed by atoms with Gasteiger partial charge in [-0.15, -0.1) is 11.8 Å². The van der Waals surface area contributed by atoms with E-state index in [0.717, 1.165) is 41.9 Å². The van der Waals surface area contributed by atoms with Gasteiger partial charge in [0.15, 0.2) is 0 Å². The quantitative estimate of drug-likeness (QED) is 0.413. The maximum atomic E-state index is 13.0. The van der Waals surface area contributed by atoms with Gasteiger partial charge in [-0.3, -0.25) is 9.78 Å². The number of sulfonamides is 1. The minimum absolute atomic E-state index is 0.0484. The number of hydrogen-bond donors (Lipinski definition) is 1. The highest BCUT2D eigenvalue weighted by Gasteiger charge is 2.29. The Kier molecular flexibility index (Phi) is 8.03. The van der Waals surface area contributed by atoms with Crippen molar-refractivity contribution in [3.63, 3.8) is 0 Å². The lowest BCUT2D eigenvalue weighted by molar-refractivity contribution is 0.102. The van der Waals surface area contributed by atoms with Crippen molar-refractivity contribution in [3.05, 3.63) is 84.2 Å². The molecule has 0 radical (unpaired) electrons. The van der Waals surface area contributed by atoms with Crippen molar-refractivity contribution in [2.24, 2.45) is 0 Å².